The first-order chi connectivity index (χ1) is 8.61. The maximum Gasteiger partial charge on any atom is 0.337 e. The summed E-state index contributed by atoms with van der Waals surface area (Å²) in [7, 11) is 1.48. The fourth-order valence-corrected chi connectivity index (χ4v) is 1.53. The van der Waals surface area contributed by atoms with Crippen LogP contribution in [0.4, 0.5) is 5.69 Å². The molecule has 1 amide bonds. The largest absolute Gasteiger partial charge is 0.478 e. The number of anilines is 1. The van der Waals surface area contributed by atoms with Gasteiger partial charge in [-0.1, -0.05) is 12.1 Å². The summed E-state index contributed by atoms with van der Waals surface area (Å²) < 4.78 is 0. The molecule has 0 fully saturated rings. The molecule has 7 nitrogen and oxygen atoms in total. The van der Waals surface area contributed by atoms with Gasteiger partial charge in [0.1, 0.15) is 0 Å². The number of nitrogens with zero attached hydrogens (tertiary/aromatic N) is 3. The van der Waals surface area contributed by atoms with Crippen molar-refractivity contribution in [2.75, 3.05) is 11.9 Å². The Morgan fingerprint density at radius 2 is 2.06 bits per heavy atom. The van der Waals surface area contributed by atoms with E-state index in [0.29, 0.717) is 5.69 Å². The molecular weight excluding hydrogens is 236 g/mol. The average Bonchev–Trinajstić information content (AvgIpc) is 2.90. The van der Waals surface area contributed by atoms with Crippen molar-refractivity contribution in [1.82, 2.24) is 15.4 Å². The van der Waals surface area contributed by atoms with Gasteiger partial charge in [-0.2, -0.15) is 15.4 Å². The van der Waals surface area contributed by atoms with Gasteiger partial charge in [0.25, 0.3) is 5.91 Å². The summed E-state index contributed by atoms with van der Waals surface area (Å²) in [6.07, 6.45) is 1.28. The highest BCUT2D eigenvalue weighted by Crippen LogP contribution is 2.20. The molecule has 0 radical (unpaired) electrons. The van der Waals surface area contributed by atoms with Crippen molar-refractivity contribution in [2.24, 2.45) is 0 Å². The first-order valence-electron chi connectivity index (χ1n) is 5.07. The first-order valence-corrected chi connectivity index (χ1v) is 5.07. The van der Waals surface area contributed by atoms with Crippen LogP contribution in [0.25, 0.3) is 0 Å². The van der Waals surface area contributed by atoms with E-state index in [0.717, 1.165) is 0 Å². The predicted molar refractivity (Wildman–Crippen MR) is 62.5 cm³/mol. The number of carboxylic acids is 1. The molecule has 0 bridgehead atoms. The molecule has 0 saturated heterocycles. The molecule has 2 aromatic rings. The van der Waals surface area contributed by atoms with Gasteiger partial charge in [0.05, 0.1) is 17.4 Å². The quantitative estimate of drug-likeness (QED) is 0.833. The number of H-pyrrole nitrogens is 1. The van der Waals surface area contributed by atoms with E-state index in [2.05, 4.69) is 15.4 Å². The normalized spacial score (nSPS) is 10.1. The maximum absolute atomic E-state index is 12.0. The summed E-state index contributed by atoms with van der Waals surface area (Å²) in [5.74, 6) is -1.53. The van der Waals surface area contributed by atoms with E-state index in [4.69, 9.17) is 5.11 Å². The summed E-state index contributed by atoms with van der Waals surface area (Å²) in [5, 5.41) is 18.6. The number of hydrogen-bond donors (Lipinski definition) is 2. The van der Waals surface area contributed by atoms with E-state index in [1.54, 1.807) is 18.2 Å². The first kappa shape index (κ1) is 11.8. The number of rotatable bonds is 3. The standard InChI is InChI=1S/C11H10N4O3/c1-15(10(16)8-6-12-14-13-8)9-5-3-2-4-7(9)11(17)18/h2-6H,1H3,(H,17,18)(H,12,13,14). The van der Waals surface area contributed by atoms with Crippen LogP contribution in [0.3, 0.4) is 0 Å². The van der Waals surface area contributed by atoms with Crippen LogP contribution in [0.15, 0.2) is 30.5 Å². The van der Waals surface area contributed by atoms with E-state index in [1.165, 1.54) is 24.2 Å². The minimum absolute atomic E-state index is 0.0526. The molecule has 1 aromatic heterocycles. The third-order valence-electron chi connectivity index (χ3n) is 2.43. The molecule has 0 saturated carbocycles. The molecule has 2 rings (SSSR count). The minimum atomic E-state index is -1.09. The number of aromatic carboxylic acids is 1. The predicted octanol–water partition coefficient (Wildman–Crippen LogP) is 0.779. The van der Waals surface area contributed by atoms with Crippen molar-refractivity contribution in [3.8, 4) is 0 Å². The number of para-hydroxylation sites is 1. The van der Waals surface area contributed by atoms with Gasteiger partial charge in [0.15, 0.2) is 5.69 Å². The summed E-state index contributed by atoms with van der Waals surface area (Å²) in [5.41, 5.74) is 0.479. The van der Waals surface area contributed by atoms with Gasteiger partial charge in [0, 0.05) is 7.05 Å². The van der Waals surface area contributed by atoms with Gasteiger partial charge in [-0.3, -0.25) is 4.79 Å². The van der Waals surface area contributed by atoms with Gasteiger partial charge in [-0.25, -0.2) is 4.79 Å². The average molecular weight is 246 g/mol. The minimum Gasteiger partial charge on any atom is -0.478 e. The zero-order chi connectivity index (χ0) is 13.1. The maximum atomic E-state index is 12.0. The lowest BCUT2D eigenvalue weighted by atomic mass is 10.1. The number of nitrogens with one attached hydrogen (secondary N) is 1. The van der Waals surface area contributed by atoms with Gasteiger partial charge < -0.3 is 10.0 Å². The zero-order valence-electron chi connectivity index (χ0n) is 9.49. The molecule has 1 heterocycles. The van der Waals surface area contributed by atoms with E-state index < -0.39 is 11.9 Å². The van der Waals surface area contributed by atoms with Crippen molar-refractivity contribution < 1.29 is 14.7 Å². The Labute approximate surface area is 102 Å². The zero-order valence-corrected chi connectivity index (χ0v) is 9.49. The lowest BCUT2D eigenvalue weighted by Gasteiger charge is -2.17. The summed E-state index contributed by atoms with van der Waals surface area (Å²) in [4.78, 5) is 24.3. The molecule has 0 spiro atoms. The molecule has 1 aromatic carbocycles. The van der Waals surface area contributed by atoms with Crippen molar-refractivity contribution in [1.29, 1.82) is 0 Å². The highest BCUT2D eigenvalue weighted by molar-refractivity contribution is 6.07. The molecule has 0 atom stereocenters. The Hall–Kier alpha value is -2.70. The van der Waals surface area contributed by atoms with E-state index in [1.807, 2.05) is 0 Å². The third-order valence-corrected chi connectivity index (χ3v) is 2.43. The van der Waals surface area contributed by atoms with Crippen LogP contribution in [0.5, 0.6) is 0 Å². The number of aromatic nitrogens is 3. The van der Waals surface area contributed by atoms with Crippen molar-refractivity contribution >= 4 is 17.6 Å². The second kappa shape index (κ2) is 4.66. The smallest absolute Gasteiger partial charge is 0.337 e. The van der Waals surface area contributed by atoms with Crippen LogP contribution in [-0.4, -0.2) is 39.4 Å². The van der Waals surface area contributed by atoms with Gasteiger partial charge in [0.2, 0.25) is 0 Å². The number of carbonyl (C=O) groups is 2. The molecule has 0 aliphatic carbocycles. The summed E-state index contributed by atoms with van der Waals surface area (Å²) >= 11 is 0. The molecule has 0 aliphatic heterocycles. The van der Waals surface area contributed by atoms with Crippen LogP contribution in [0.1, 0.15) is 20.8 Å². The van der Waals surface area contributed by atoms with Crippen LogP contribution < -0.4 is 4.90 Å². The Morgan fingerprint density at radius 3 is 2.67 bits per heavy atom. The Bertz CT molecular complexity index is 580. The SMILES string of the molecule is CN(C(=O)c1cn[nH]n1)c1ccccc1C(=O)O. The van der Waals surface area contributed by atoms with Gasteiger partial charge in [-0.05, 0) is 12.1 Å². The number of carbonyl (C=O) groups excluding carboxylic acids is 1. The summed E-state index contributed by atoms with van der Waals surface area (Å²) in [6, 6.07) is 6.25. The molecule has 7 heteroatoms. The third kappa shape index (κ3) is 2.05. The fraction of sp³-hybridized carbons (Fsp3) is 0.0909. The number of benzene rings is 1. The lowest BCUT2D eigenvalue weighted by molar-refractivity contribution is 0.0697. The molecule has 0 aliphatic rings. The van der Waals surface area contributed by atoms with Crippen LogP contribution >= 0.6 is 0 Å². The monoisotopic (exact) mass is 246 g/mol. The molecule has 92 valence electrons. The number of aromatic amines is 1. The number of carboxylic acid groups (broad SMARTS) is 1. The van der Waals surface area contributed by atoms with Crippen LogP contribution in [0, 0.1) is 0 Å². The van der Waals surface area contributed by atoms with Gasteiger partial charge in [-0.15, -0.1) is 0 Å². The van der Waals surface area contributed by atoms with Crippen LogP contribution in [-0.2, 0) is 0 Å². The van der Waals surface area contributed by atoms with E-state index in [9.17, 15) is 9.59 Å². The topological polar surface area (TPSA) is 99.2 Å². The Morgan fingerprint density at radius 1 is 1.33 bits per heavy atom. The van der Waals surface area contributed by atoms with Crippen molar-refractivity contribution in [2.45, 2.75) is 0 Å². The molecule has 0 unspecified atom stereocenters. The number of hydrogen-bond acceptors (Lipinski definition) is 4. The van der Waals surface area contributed by atoms with E-state index in [-0.39, 0.29) is 11.3 Å². The highest BCUT2D eigenvalue weighted by Gasteiger charge is 2.20. The molecule has 2 N–H and O–H groups in total. The number of amides is 1. The molecule has 18 heavy (non-hydrogen) atoms. The Kier molecular flexibility index (Phi) is 3.05. The fourth-order valence-electron chi connectivity index (χ4n) is 1.53. The van der Waals surface area contributed by atoms with Crippen molar-refractivity contribution in [3.63, 3.8) is 0 Å². The van der Waals surface area contributed by atoms with Crippen molar-refractivity contribution in [3.05, 3.63) is 41.7 Å². The Balaban J connectivity index is 2.37. The molecular formula is C11H10N4O3. The second-order valence-electron chi connectivity index (χ2n) is 3.54. The highest BCUT2D eigenvalue weighted by atomic mass is 16.4. The van der Waals surface area contributed by atoms with E-state index >= 15 is 0 Å². The van der Waals surface area contributed by atoms with Gasteiger partial charge >= 0.3 is 5.97 Å². The summed E-state index contributed by atoms with van der Waals surface area (Å²) in [6.45, 7) is 0. The van der Waals surface area contributed by atoms with Crippen LogP contribution in [0.2, 0.25) is 0 Å². The second-order valence-corrected chi connectivity index (χ2v) is 3.54. The lowest BCUT2D eigenvalue weighted by Crippen LogP contribution is -2.28.